The summed E-state index contributed by atoms with van der Waals surface area (Å²) >= 11 is 0. The predicted octanol–water partition coefficient (Wildman–Crippen LogP) is -0.235. The highest BCUT2D eigenvalue weighted by molar-refractivity contribution is 7.86. The third-order valence-corrected chi connectivity index (χ3v) is 2.93. The maximum atomic E-state index is 11.1. The number of carboxylic acid groups (broad SMARTS) is 1. The van der Waals surface area contributed by atoms with Crippen LogP contribution in [-0.4, -0.2) is 35.9 Å². The molecule has 0 radical (unpaired) electrons. The summed E-state index contributed by atoms with van der Waals surface area (Å²) in [7, 11) is -3.85. The lowest BCUT2D eigenvalue weighted by atomic mass is 10.1. The van der Waals surface area contributed by atoms with Gasteiger partial charge in [-0.3, -0.25) is 4.79 Å². The van der Waals surface area contributed by atoms with Crippen LogP contribution in [0.15, 0.2) is 0 Å². The summed E-state index contributed by atoms with van der Waals surface area (Å²) in [4.78, 5) is 10.3. The second-order valence-corrected chi connectivity index (χ2v) is 5.40. The molecule has 0 aromatic heterocycles. The van der Waals surface area contributed by atoms with Gasteiger partial charge < -0.3 is 5.11 Å². The first kappa shape index (κ1) is 13.3. The SMILES string of the molecule is CC(C)(C)N(CCC(=O)O)S(N)(=O)=O. The van der Waals surface area contributed by atoms with Gasteiger partial charge in [0.15, 0.2) is 0 Å². The first-order valence-electron chi connectivity index (χ1n) is 4.07. The molecule has 0 aromatic rings. The Morgan fingerprint density at radius 2 is 1.86 bits per heavy atom. The van der Waals surface area contributed by atoms with E-state index in [1.807, 2.05) is 0 Å². The molecule has 0 saturated heterocycles. The van der Waals surface area contributed by atoms with Crippen molar-refractivity contribution >= 4 is 16.2 Å². The van der Waals surface area contributed by atoms with E-state index in [0.717, 1.165) is 4.31 Å². The Hall–Kier alpha value is -0.660. The monoisotopic (exact) mass is 224 g/mol. The molecule has 0 atom stereocenters. The number of aliphatic carboxylic acids is 1. The molecule has 7 heteroatoms. The van der Waals surface area contributed by atoms with Crippen molar-refractivity contribution in [2.75, 3.05) is 6.54 Å². The van der Waals surface area contributed by atoms with E-state index in [0.29, 0.717) is 0 Å². The fraction of sp³-hybridized carbons (Fsp3) is 0.857. The van der Waals surface area contributed by atoms with Crippen LogP contribution in [0.2, 0.25) is 0 Å². The van der Waals surface area contributed by atoms with Gasteiger partial charge in [-0.25, -0.2) is 5.14 Å². The maximum absolute atomic E-state index is 11.1. The Balaban J connectivity index is 4.69. The first-order chi connectivity index (χ1) is 6.05. The van der Waals surface area contributed by atoms with Crippen molar-refractivity contribution in [3.05, 3.63) is 0 Å². The average molecular weight is 224 g/mol. The zero-order valence-corrected chi connectivity index (χ0v) is 9.34. The van der Waals surface area contributed by atoms with Crippen molar-refractivity contribution in [2.45, 2.75) is 32.7 Å². The molecular formula is C7H16N2O4S. The zero-order chi connectivity index (χ0) is 11.6. The van der Waals surface area contributed by atoms with Gasteiger partial charge in [-0.05, 0) is 20.8 Å². The van der Waals surface area contributed by atoms with Gasteiger partial charge in [0, 0.05) is 12.1 Å². The molecule has 0 saturated carbocycles. The van der Waals surface area contributed by atoms with E-state index in [-0.39, 0.29) is 13.0 Å². The molecule has 0 bridgehead atoms. The summed E-state index contributed by atoms with van der Waals surface area (Å²) in [5, 5.41) is 13.4. The summed E-state index contributed by atoms with van der Waals surface area (Å²) in [5.74, 6) is -1.05. The number of carbonyl (C=O) groups is 1. The van der Waals surface area contributed by atoms with E-state index in [4.69, 9.17) is 10.2 Å². The van der Waals surface area contributed by atoms with Crippen molar-refractivity contribution in [1.82, 2.24) is 4.31 Å². The third kappa shape index (κ3) is 4.54. The van der Waals surface area contributed by atoms with Crippen LogP contribution >= 0.6 is 0 Å². The highest BCUT2D eigenvalue weighted by Gasteiger charge is 2.30. The number of hydrogen-bond donors (Lipinski definition) is 2. The molecule has 3 N–H and O–H groups in total. The Kier molecular flexibility index (Phi) is 4.04. The van der Waals surface area contributed by atoms with Gasteiger partial charge in [0.2, 0.25) is 0 Å². The average Bonchev–Trinajstić information content (AvgIpc) is 1.78. The maximum Gasteiger partial charge on any atom is 0.304 e. The molecule has 0 amide bonds. The van der Waals surface area contributed by atoms with Crippen molar-refractivity contribution < 1.29 is 18.3 Å². The molecule has 84 valence electrons. The molecule has 0 rings (SSSR count). The van der Waals surface area contributed by atoms with Crippen molar-refractivity contribution in [2.24, 2.45) is 5.14 Å². The smallest absolute Gasteiger partial charge is 0.304 e. The molecule has 14 heavy (non-hydrogen) atoms. The van der Waals surface area contributed by atoms with Crippen molar-refractivity contribution in [3.63, 3.8) is 0 Å². The van der Waals surface area contributed by atoms with Crippen molar-refractivity contribution in [1.29, 1.82) is 0 Å². The summed E-state index contributed by atoms with van der Waals surface area (Å²) in [6.45, 7) is 4.84. The fourth-order valence-corrected chi connectivity index (χ4v) is 2.15. The molecule has 0 spiro atoms. The Bertz CT molecular complexity index is 304. The van der Waals surface area contributed by atoms with Crippen molar-refractivity contribution in [3.8, 4) is 0 Å². The van der Waals surface area contributed by atoms with Gasteiger partial charge in [-0.2, -0.15) is 12.7 Å². The second kappa shape index (κ2) is 4.24. The number of carboxylic acids is 1. The second-order valence-electron chi connectivity index (χ2n) is 3.93. The van der Waals surface area contributed by atoms with Crippen LogP contribution in [-0.2, 0) is 15.0 Å². The van der Waals surface area contributed by atoms with E-state index in [1.165, 1.54) is 0 Å². The van der Waals surface area contributed by atoms with E-state index >= 15 is 0 Å². The van der Waals surface area contributed by atoms with Crippen LogP contribution in [0.25, 0.3) is 0 Å². The molecule has 0 heterocycles. The van der Waals surface area contributed by atoms with Crippen LogP contribution in [0.1, 0.15) is 27.2 Å². The predicted molar refractivity (Wildman–Crippen MR) is 51.8 cm³/mol. The van der Waals surface area contributed by atoms with Gasteiger partial charge in [0.05, 0.1) is 6.42 Å². The summed E-state index contributed by atoms with van der Waals surface area (Å²) in [5.41, 5.74) is -0.705. The minimum atomic E-state index is -3.85. The summed E-state index contributed by atoms with van der Waals surface area (Å²) in [6.07, 6.45) is -0.256. The highest BCUT2D eigenvalue weighted by Crippen LogP contribution is 2.15. The largest absolute Gasteiger partial charge is 0.481 e. The lowest BCUT2D eigenvalue weighted by Gasteiger charge is -2.32. The Labute approximate surface area is 83.9 Å². The lowest BCUT2D eigenvalue weighted by molar-refractivity contribution is -0.137. The minimum Gasteiger partial charge on any atom is -0.481 e. The van der Waals surface area contributed by atoms with E-state index in [1.54, 1.807) is 20.8 Å². The lowest BCUT2D eigenvalue weighted by Crippen LogP contribution is -2.49. The van der Waals surface area contributed by atoms with Crippen LogP contribution in [0.4, 0.5) is 0 Å². The number of hydrogen-bond acceptors (Lipinski definition) is 3. The number of nitrogens with zero attached hydrogens (tertiary/aromatic N) is 1. The van der Waals surface area contributed by atoms with Gasteiger partial charge in [0.25, 0.3) is 10.2 Å². The normalized spacial score (nSPS) is 13.2. The molecule has 0 fully saturated rings. The van der Waals surface area contributed by atoms with Crippen LogP contribution in [0.5, 0.6) is 0 Å². The molecular weight excluding hydrogens is 208 g/mol. The summed E-state index contributed by atoms with van der Waals surface area (Å²) in [6, 6.07) is 0. The van der Waals surface area contributed by atoms with Gasteiger partial charge in [-0.1, -0.05) is 0 Å². The van der Waals surface area contributed by atoms with E-state index in [9.17, 15) is 13.2 Å². The molecule has 0 unspecified atom stereocenters. The van der Waals surface area contributed by atoms with E-state index < -0.39 is 21.7 Å². The quantitative estimate of drug-likeness (QED) is 0.688. The Morgan fingerprint density at radius 1 is 1.43 bits per heavy atom. The van der Waals surface area contributed by atoms with Gasteiger partial charge in [0.1, 0.15) is 0 Å². The topological polar surface area (TPSA) is 101 Å². The fourth-order valence-electron chi connectivity index (χ4n) is 1.04. The number of nitrogens with two attached hydrogens (primary N) is 1. The number of rotatable bonds is 4. The molecule has 0 aliphatic heterocycles. The van der Waals surface area contributed by atoms with Crippen LogP contribution < -0.4 is 5.14 Å². The van der Waals surface area contributed by atoms with Gasteiger partial charge >= 0.3 is 5.97 Å². The first-order valence-corrected chi connectivity index (χ1v) is 5.58. The third-order valence-electron chi connectivity index (χ3n) is 1.58. The Morgan fingerprint density at radius 3 is 2.07 bits per heavy atom. The zero-order valence-electron chi connectivity index (χ0n) is 8.52. The van der Waals surface area contributed by atoms with E-state index in [2.05, 4.69) is 0 Å². The molecule has 0 aromatic carbocycles. The molecule has 0 aliphatic rings. The van der Waals surface area contributed by atoms with Crippen LogP contribution in [0.3, 0.4) is 0 Å². The van der Waals surface area contributed by atoms with Crippen LogP contribution in [0, 0.1) is 0 Å². The molecule has 6 nitrogen and oxygen atoms in total. The highest BCUT2D eigenvalue weighted by atomic mass is 32.2. The summed E-state index contributed by atoms with van der Waals surface area (Å²) < 4.78 is 23.2. The van der Waals surface area contributed by atoms with Gasteiger partial charge in [-0.15, -0.1) is 0 Å². The molecule has 0 aliphatic carbocycles. The minimum absolute atomic E-state index is 0.113. The standard InChI is InChI=1S/C7H16N2O4S/c1-7(2,3)9(14(8,12)13)5-4-6(10)11/h4-5H2,1-3H3,(H,10,11)(H2,8,12,13).